The van der Waals surface area contributed by atoms with Crippen LogP contribution in [-0.4, -0.2) is 28.5 Å². The van der Waals surface area contributed by atoms with Gasteiger partial charge in [0, 0.05) is 23.0 Å². The molecular weight excluding hydrogens is 360 g/mol. The van der Waals surface area contributed by atoms with Crippen LogP contribution < -0.4 is 20.1 Å². The number of rotatable bonds is 5. The normalized spacial score (nSPS) is 11.8. The van der Waals surface area contributed by atoms with Crippen molar-refractivity contribution in [1.29, 1.82) is 0 Å². The lowest BCUT2D eigenvalue weighted by Crippen LogP contribution is -2.14. The highest BCUT2D eigenvalue weighted by Crippen LogP contribution is 2.34. The van der Waals surface area contributed by atoms with Gasteiger partial charge in [0.2, 0.25) is 6.79 Å². The van der Waals surface area contributed by atoms with Gasteiger partial charge in [-0.05, 0) is 43.3 Å². The van der Waals surface area contributed by atoms with Crippen LogP contribution in [0.1, 0.15) is 27.8 Å². The van der Waals surface area contributed by atoms with Gasteiger partial charge in [-0.3, -0.25) is 9.59 Å². The van der Waals surface area contributed by atoms with Gasteiger partial charge in [0.15, 0.2) is 17.3 Å². The number of hydrogen-bond donors (Lipinski definition) is 2. The summed E-state index contributed by atoms with van der Waals surface area (Å²) in [6.07, 6.45) is 2.85. The molecule has 0 saturated carbocycles. The van der Waals surface area contributed by atoms with Crippen LogP contribution in [0.2, 0.25) is 0 Å². The molecule has 2 aromatic carbocycles. The summed E-state index contributed by atoms with van der Waals surface area (Å²) in [6, 6.07) is 12.1. The van der Waals surface area contributed by atoms with E-state index >= 15 is 0 Å². The number of ketones is 1. The van der Waals surface area contributed by atoms with Crippen molar-refractivity contribution in [2.75, 3.05) is 17.4 Å². The number of ether oxygens (including phenoxy) is 2. The number of Topliss-reactive ketones (excluding diaryl/α,β-unsaturated/α-hetero) is 1. The monoisotopic (exact) mass is 376 g/mol. The van der Waals surface area contributed by atoms with Gasteiger partial charge in [0.1, 0.15) is 11.5 Å². The van der Waals surface area contributed by atoms with E-state index in [1.165, 1.54) is 19.3 Å². The van der Waals surface area contributed by atoms with Crippen LogP contribution in [0, 0.1) is 0 Å². The minimum Gasteiger partial charge on any atom is -0.454 e. The fourth-order valence-corrected chi connectivity index (χ4v) is 2.62. The van der Waals surface area contributed by atoms with Crippen LogP contribution in [0.15, 0.2) is 54.9 Å². The van der Waals surface area contributed by atoms with Crippen LogP contribution >= 0.6 is 0 Å². The highest BCUT2D eigenvalue weighted by atomic mass is 16.7. The van der Waals surface area contributed by atoms with Gasteiger partial charge in [0.25, 0.3) is 5.91 Å². The second-order valence-corrected chi connectivity index (χ2v) is 6.07. The Balaban J connectivity index is 1.41. The van der Waals surface area contributed by atoms with Crippen molar-refractivity contribution in [2.24, 2.45) is 0 Å². The highest BCUT2D eigenvalue weighted by Gasteiger charge is 2.15. The first-order valence-electron chi connectivity index (χ1n) is 8.49. The first kappa shape index (κ1) is 17.5. The van der Waals surface area contributed by atoms with E-state index in [9.17, 15) is 9.59 Å². The lowest BCUT2D eigenvalue weighted by atomic mass is 10.1. The van der Waals surface area contributed by atoms with Gasteiger partial charge in [-0.2, -0.15) is 0 Å². The van der Waals surface area contributed by atoms with E-state index in [1.807, 2.05) is 0 Å². The van der Waals surface area contributed by atoms with Gasteiger partial charge in [-0.15, -0.1) is 0 Å². The number of nitrogens with one attached hydrogen (secondary N) is 2. The van der Waals surface area contributed by atoms with Gasteiger partial charge >= 0.3 is 0 Å². The molecule has 0 fully saturated rings. The fraction of sp³-hybridized carbons (Fsp3) is 0.100. The quantitative estimate of drug-likeness (QED) is 0.658. The maximum Gasteiger partial charge on any atom is 0.275 e. The third kappa shape index (κ3) is 3.75. The van der Waals surface area contributed by atoms with Crippen LogP contribution in [0.3, 0.4) is 0 Å². The van der Waals surface area contributed by atoms with E-state index in [0.29, 0.717) is 28.6 Å². The molecule has 0 saturated heterocycles. The standard InChI is InChI=1S/C20H16N4O4/c1-12(25)13-2-4-14(5-3-13)23-19-10-21-16(9-22-19)20(26)24-15-6-7-17-18(8-15)28-11-27-17/h2-10H,11H2,1H3,(H,22,23)(H,24,26). The van der Waals surface area contributed by atoms with E-state index in [1.54, 1.807) is 42.5 Å². The summed E-state index contributed by atoms with van der Waals surface area (Å²) >= 11 is 0. The van der Waals surface area contributed by atoms with Crippen LogP contribution in [0.4, 0.5) is 17.2 Å². The van der Waals surface area contributed by atoms with Crippen molar-refractivity contribution in [3.63, 3.8) is 0 Å². The maximum atomic E-state index is 12.3. The second kappa shape index (κ2) is 7.36. The number of benzene rings is 2. The number of hydrogen-bond acceptors (Lipinski definition) is 7. The zero-order valence-electron chi connectivity index (χ0n) is 14.9. The van der Waals surface area contributed by atoms with E-state index in [2.05, 4.69) is 20.6 Å². The summed E-state index contributed by atoms with van der Waals surface area (Å²) in [5.41, 5.74) is 2.14. The number of carbonyl (C=O) groups excluding carboxylic acids is 2. The number of nitrogens with zero attached hydrogens (tertiary/aromatic N) is 2. The highest BCUT2D eigenvalue weighted by molar-refractivity contribution is 6.02. The predicted octanol–water partition coefficient (Wildman–Crippen LogP) is 3.40. The van der Waals surface area contributed by atoms with Gasteiger partial charge in [-0.25, -0.2) is 9.97 Å². The Hall–Kier alpha value is -3.94. The number of fused-ring (bicyclic) bond motifs is 1. The molecule has 8 nitrogen and oxygen atoms in total. The van der Waals surface area contributed by atoms with Crippen LogP contribution in [-0.2, 0) is 0 Å². The molecule has 1 aliphatic heterocycles. The Bertz CT molecular complexity index is 1030. The maximum absolute atomic E-state index is 12.3. The van der Waals surface area contributed by atoms with Crippen LogP contribution in [0.5, 0.6) is 11.5 Å². The van der Waals surface area contributed by atoms with Crippen molar-refractivity contribution in [3.8, 4) is 11.5 Å². The van der Waals surface area contributed by atoms with E-state index in [-0.39, 0.29) is 24.2 Å². The predicted molar refractivity (Wildman–Crippen MR) is 102 cm³/mol. The lowest BCUT2D eigenvalue weighted by molar-refractivity contribution is 0.101. The molecule has 4 rings (SSSR count). The smallest absolute Gasteiger partial charge is 0.275 e. The molecule has 1 amide bonds. The number of anilines is 3. The summed E-state index contributed by atoms with van der Waals surface area (Å²) < 4.78 is 10.5. The Morgan fingerprint density at radius 2 is 1.68 bits per heavy atom. The summed E-state index contributed by atoms with van der Waals surface area (Å²) in [5, 5.41) is 5.81. The Morgan fingerprint density at radius 1 is 0.929 bits per heavy atom. The average Bonchev–Trinajstić information content (AvgIpc) is 3.17. The van der Waals surface area contributed by atoms with E-state index in [0.717, 1.165) is 5.69 Å². The first-order valence-corrected chi connectivity index (χ1v) is 8.49. The fourth-order valence-electron chi connectivity index (χ4n) is 2.62. The lowest BCUT2D eigenvalue weighted by Gasteiger charge is -2.08. The summed E-state index contributed by atoms with van der Waals surface area (Å²) in [6.45, 7) is 1.69. The molecule has 2 N–H and O–H groups in total. The Kier molecular flexibility index (Phi) is 4.59. The Morgan fingerprint density at radius 3 is 2.39 bits per heavy atom. The number of amides is 1. The van der Waals surface area contributed by atoms with Crippen molar-refractivity contribution in [1.82, 2.24) is 9.97 Å². The minimum atomic E-state index is -0.385. The third-order valence-corrected chi connectivity index (χ3v) is 4.08. The zero-order valence-corrected chi connectivity index (χ0v) is 14.9. The van der Waals surface area contributed by atoms with Gasteiger partial charge in [0.05, 0.1) is 12.4 Å². The molecular formula is C20H16N4O4. The molecule has 0 spiro atoms. The molecule has 140 valence electrons. The molecule has 0 bridgehead atoms. The number of carbonyl (C=O) groups is 2. The molecule has 28 heavy (non-hydrogen) atoms. The van der Waals surface area contributed by atoms with Crippen molar-refractivity contribution in [2.45, 2.75) is 6.92 Å². The summed E-state index contributed by atoms with van der Waals surface area (Å²) in [7, 11) is 0. The molecule has 3 aromatic rings. The molecule has 1 aliphatic rings. The molecule has 2 heterocycles. The molecule has 0 radical (unpaired) electrons. The zero-order chi connectivity index (χ0) is 19.5. The van der Waals surface area contributed by atoms with E-state index in [4.69, 9.17) is 9.47 Å². The SMILES string of the molecule is CC(=O)c1ccc(Nc2cnc(C(=O)Nc3ccc4c(c3)OCO4)cn2)cc1. The molecule has 1 aromatic heterocycles. The van der Waals surface area contributed by atoms with Gasteiger partial charge in [-0.1, -0.05) is 0 Å². The second-order valence-electron chi connectivity index (χ2n) is 6.07. The third-order valence-electron chi connectivity index (χ3n) is 4.08. The molecule has 0 atom stereocenters. The van der Waals surface area contributed by atoms with Crippen LogP contribution in [0.25, 0.3) is 0 Å². The van der Waals surface area contributed by atoms with Crippen molar-refractivity contribution >= 4 is 28.9 Å². The van der Waals surface area contributed by atoms with Crippen molar-refractivity contribution in [3.05, 3.63) is 66.1 Å². The van der Waals surface area contributed by atoms with Crippen molar-refractivity contribution < 1.29 is 19.1 Å². The largest absolute Gasteiger partial charge is 0.454 e. The average molecular weight is 376 g/mol. The minimum absolute atomic E-state index is 0.00386. The topological polar surface area (TPSA) is 102 Å². The Labute approximate surface area is 160 Å². The molecule has 0 aliphatic carbocycles. The van der Waals surface area contributed by atoms with E-state index < -0.39 is 0 Å². The van der Waals surface area contributed by atoms with Gasteiger partial charge < -0.3 is 20.1 Å². The number of aromatic nitrogens is 2. The molecule has 0 unspecified atom stereocenters. The first-order chi connectivity index (χ1) is 13.6. The summed E-state index contributed by atoms with van der Waals surface area (Å²) in [4.78, 5) is 32.0. The summed E-state index contributed by atoms with van der Waals surface area (Å²) in [5.74, 6) is 1.33. The molecule has 8 heteroatoms.